The maximum Gasteiger partial charge on any atom is 0.206 e. The second-order valence-electron chi connectivity index (χ2n) is 5.22. The molecule has 2 heterocycles. The average Bonchev–Trinajstić information content (AvgIpc) is 3.20. The van der Waals surface area contributed by atoms with Crippen molar-refractivity contribution in [1.82, 2.24) is 4.68 Å². The third kappa shape index (κ3) is 3.35. The van der Waals surface area contributed by atoms with Crippen LogP contribution in [0.25, 0.3) is 11.3 Å². The SMILES string of the molecule is CCN=c1scc(-c2ccc(C)cc2)n1N=C(C)c1ccco1. The van der Waals surface area contributed by atoms with Crippen molar-refractivity contribution < 1.29 is 4.42 Å². The van der Waals surface area contributed by atoms with E-state index in [9.17, 15) is 0 Å². The number of rotatable bonds is 4. The van der Waals surface area contributed by atoms with Crippen LogP contribution in [-0.4, -0.2) is 16.9 Å². The number of hydrogen-bond acceptors (Lipinski definition) is 4. The zero-order valence-corrected chi connectivity index (χ0v) is 14.3. The van der Waals surface area contributed by atoms with E-state index in [-0.39, 0.29) is 0 Å². The molecule has 5 heteroatoms. The van der Waals surface area contributed by atoms with Gasteiger partial charge in [0.25, 0.3) is 0 Å². The number of thiazole rings is 1. The van der Waals surface area contributed by atoms with Crippen LogP contribution in [0.4, 0.5) is 0 Å². The molecule has 0 saturated heterocycles. The molecule has 0 spiro atoms. The Morgan fingerprint density at radius 1 is 1.22 bits per heavy atom. The molecule has 0 aliphatic rings. The maximum atomic E-state index is 5.43. The monoisotopic (exact) mass is 325 g/mol. The van der Waals surface area contributed by atoms with Crippen LogP contribution < -0.4 is 4.80 Å². The van der Waals surface area contributed by atoms with Crippen molar-refractivity contribution >= 4 is 17.0 Å². The van der Waals surface area contributed by atoms with Gasteiger partial charge in [-0.3, -0.25) is 4.99 Å². The van der Waals surface area contributed by atoms with Crippen LogP contribution in [0.1, 0.15) is 25.2 Å². The maximum absolute atomic E-state index is 5.43. The van der Waals surface area contributed by atoms with Crippen molar-refractivity contribution in [1.29, 1.82) is 0 Å². The number of furan rings is 1. The van der Waals surface area contributed by atoms with E-state index in [4.69, 9.17) is 9.52 Å². The van der Waals surface area contributed by atoms with Crippen molar-refractivity contribution in [3.05, 3.63) is 64.2 Å². The first-order chi connectivity index (χ1) is 11.2. The summed E-state index contributed by atoms with van der Waals surface area (Å²) in [5.41, 5.74) is 4.22. The third-order valence-electron chi connectivity index (χ3n) is 3.45. The summed E-state index contributed by atoms with van der Waals surface area (Å²) >= 11 is 1.60. The molecule has 2 aromatic heterocycles. The zero-order valence-electron chi connectivity index (χ0n) is 13.5. The highest BCUT2D eigenvalue weighted by atomic mass is 32.1. The van der Waals surface area contributed by atoms with Gasteiger partial charge in [0.05, 0.1) is 12.0 Å². The van der Waals surface area contributed by atoms with Crippen LogP contribution in [0.15, 0.2) is 62.6 Å². The topological polar surface area (TPSA) is 42.8 Å². The molecule has 0 saturated carbocycles. The lowest BCUT2D eigenvalue weighted by Crippen LogP contribution is -2.14. The highest BCUT2D eigenvalue weighted by Crippen LogP contribution is 2.21. The number of aryl methyl sites for hydroxylation is 1. The van der Waals surface area contributed by atoms with E-state index in [0.29, 0.717) is 0 Å². The van der Waals surface area contributed by atoms with Crippen molar-refractivity contribution in [2.45, 2.75) is 20.8 Å². The van der Waals surface area contributed by atoms with Gasteiger partial charge < -0.3 is 4.42 Å². The highest BCUT2D eigenvalue weighted by Gasteiger charge is 2.09. The molecule has 3 aromatic rings. The van der Waals surface area contributed by atoms with Crippen LogP contribution in [-0.2, 0) is 0 Å². The molecule has 0 amide bonds. The molecule has 118 valence electrons. The van der Waals surface area contributed by atoms with Crippen molar-refractivity contribution in [2.75, 3.05) is 6.54 Å². The van der Waals surface area contributed by atoms with Gasteiger partial charge in [0.1, 0.15) is 11.5 Å². The Kier molecular flexibility index (Phi) is 4.57. The lowest BCUT2D eigenvalue weighted by molar-refractivity contribution is 0.556. The standard InChI is InChI=1S/C18H19N3OS/c1-4-19-18-21(20-14(3)17-6-5-11-22-17)16(12-23-18)15-9-7-13(2)8-10-15/h5-12H,4H2,1-3H3. The smallest absolute Gasteiger partial charge is 0.206 e. The van der Waals surface area contributed by atoms with Crippen LogP contribution in [0.5, 0.6) is 0 Å². The van der Waals surface area contributed by atoms with Crippen LogP contribution >= 0.6 is 11.3 Å². The quantitative estimate of drug-likeness (QED) is 0.659. The minimum Gasteiger partial charge on any atom is -0.463 e. The van der Waals surface area contributed by atoms with E-state index in [1.54, 1.807) is 17.6 Å². The fraction of sp³-hybridized carbons (Fsp3) is 0.222. The summed E-state index contributed by atoms with van der Waals surface area (Å²) in [7, 11) is 0. The molecule has 0 aliphatic carbocycles. The van der Waals surface area contributed by atoms with E-state index in [1.807, 2.05) is 30.7 Å². The summed E-state index contributed by atoms with van der Waals surface area (Å²) in [5, 5.41) is 6.83. The summed E-state index contributed by atoms with van der Waals surface area (Å²) in [6.45, 7) is 6.78. The van der Waals surface area contributed by atoms with Gasteiger partial charge in [-0.2, -0.15) is 5.10 Å². The lowest BCUT2D eigenvalue weighted by atomic mass is 10.1. The molecule has 4 nitrogen and oxygen atoms in total. The third-order valence-corrected chi connectivity index (χ3v) is 4.31. The van der Waals surface area contributed by atoms with E-state index in [2.05, 4.69) is 41.6 Å². The number of aromatic nitrogens is 1. The molecular weight excluding hydrogens is 306 g/mol. The van der Waals surface area contributed by atoms with Gasteiger partial charge in [-0.05, 0) is 32.9 Å². The molecule has 3 rings (SSSR count). The van der Waals surface area contributed by atoms with E-state index < -0.39 is 0 Å². The summed E-state index contributed by atoms with van der Waals surface area (Å²) in [6.07, 6.45) is 1.66. The molecule has 0 bridgehead atoms. The first kappa shape index (κ1) is 15.5. The number of hydrogen-bond donors (Lipinski definition) is 0. The van der Waals surface area contributed by atoms with E-state index in [1.165, 1.54) is 5.56 Å². The van der Waals surface area contributed by atoms with Crippen LogP contribution in [0.3, 0.4) is 0 Å². The fourth-order valence-corrected chi connectivity index (χ4v) is 3.14. The van der Waals surface area contributed by atoms with E-state index >= 15 is 0 Å². The zero-order chi connectivity index (χ0) is 16.2. The van der Waals surface area contributed by atoms with Gasteiger partial charge in [-0.25, -0.2) is 4.68 Å². The Labute approximate surface area is 139 Å². The van der Waals surface area contributed by atoms with Gasteiger partial charge >= 0.3 is 0 Å². The summed E-state index contributed by atoms with van der Waals surface area (Å²) < 4.78 is 7.33. The van der Waals surface area contributed by atoms with Gasteiger partial charge in [0.2, 0.25) is 4.80 Å². The molecule has 0 fully saturated rings. The van der Waals surface area contributed by atoms with Crippen molar-refractivity contribution in [2.24, 2.45) is 10.1 Å². The Bertz CT molecular complexity index is 868. The van der Waals surface area contributed by atoms with Crippen LogP contribution in [0.2, 0.25) is 0 Å². The van der Waals surface area contributed by atoms with Crippen molar-refractivity contribution in [3.63, 3.8) is 0 Å². The van der Waals surface area contributed by atoms with Gasteiger partial charge in [-0.1, -0.05) is 29.8 Å². The molecule has 23 heavy (non-hydrogen) atoms. The molecule has 0 atom stereocenters. The van der Waals surface area contributed by atoms with Crippen LogP contribution in [0, 0.1) is 6.92 Å². The Balaban J connectivity index is 2.14. The van der Waals surface area contributed by atoms with Gasteiger partial charge in [0, 0.05) is 17.5 Å². The Morgan fingerprint density at radius 3 is 2.65 bits per heavy atom. The predicted octanol–water partition coefficient (Wildman–Crippen LogP) is 4.31. The molecule has 0 radical (unpaired) electrons. The largest absolute Gasteiger partial charge is 0.463 e. The highest BCUT2D eigenvalue weighted by molar-refractivity contribution is 7.07. The predicted molar refractivity (Wildman–Crippen MR) is 94.9 cm³/mol. The first-order valence-corrected chi connectivity index (χ1v) is 8.44. The van der Waals surface area contributed by atoms with Gasteiger partial charge in [0.15, 0.2) is 0 Å². The second-order valence-corrected chi connectivity index (χ2v) is 6.05. The Morgan fingerprint density at radius 2 is 2.00 bits per heavy atom. The summed E-state index contributed by atoms with van der Waals surface area (Å²) in [4.78, 5) is 5.43. The second kappa shape index (κ2) is 6.79. The minimum absolute atomic E-state index is 0.725. The Hall–Kier alpha value is -2.40. The number of nitrogens with zero attached hydrogens (tertiary/aromatic N) is 3. The normalized spacial score (nSPS) is 12.8. The summed E-state index contributed by atoms with van der Waals surface area (Å²) in [5.74, 6) is 0.765. The molecule has 0 aliphatic heterocycles. The molecule has 1 aromatic carbocycles. The molecular formula is C18H19N3OS. The van der Waals surface area contributed by atoms with Crippen molar-refractivity contribution in [3.8, 4) is 11.3 Å². The van der Waals surface area contributed by atoms with Gasteiger partial charge in [-0.15, -0.1) is 11.3 Å². The lowest BCUT2D eigenvalue weighted by Gasteiger charge is -2.05. The minimum atomic E-state index is 0.725. The molecule has 0 unspecified atom stereocenters. The fourth-order valence-electron chi connectivity index (χ4n) is 2.25. The van der Waals surface area contributed by atoms with E-state index in [0.717, 1.165) is 34.1 Å². The summed E-state index contributed by atoms with van der Waals surface area (Å²) in [6, 6.07) is 12.2. The molecule has 0 N–H and O–H groups in total. The average molecular weight is 325 g/mol. The first-order valence-electron chi connectivity index (χ1n) is 7.56. The number of benzene rings is 1.